The Morgan fingerprint density at radius 2 is 2.04 bits per heavy atom. The van der Waals surface area contributed by atoms with Crippen LogP contribution in [-0.2, 0) is 21.9 Å². The second kappa shape index (κ2) is 6.23. The number of hydrogen-bond acceptors (Lipinski definition) is 6. The number of thiazole rings is 1. The number of nitrogens with zero attached hydrogens (tertiary/aromatic N) is 3. The first-order chi connectivity index (χ1) is 13.1. The van der Waals surface area contributed by atoms with Gasteiger partial charge in [0.15, 0.2) is 16.6 Å². The van der Waals surface area contributed by atoms with Gasteiger partial charge in [-0.2, -0.15) is 0 Å². The number of likely N-dealkylation sites (N-methyl/N-ethyl adjacent to an activating group) is 1. The zero-order valence-corrected chi connectivity index (χ0v) is 17.4. The Labute approximate surface area is 169 Å². The summed E-state index contributed by atoms with van der Waals surface area (Å²) in [6.07, 6.45) is 0. The van der Waals surface area contributed by atoms with Gasteiger partial charge in [0.25, 0.3) is 15.9 Å². The maximum Gasteiger partial charge on any atom is 0.278 e. The number of aryl methyl sites for hydroxylation is 2. The molecular formula is C17H15ClN4O4S2. The molecule has 1 amide bonds. The fourth-order valence-electron chi connectivity index (χ4n) is 3.25. The van der Waals surface area contributed by atoms with E-state index in [1.807, 2.05) is 0 Å². The molecule has 0 aliphatic carbocycles. The number of carbonyl (C=O) groups is 1. The predicted molar refractivity (Wildman–Crippen MR) is 108 cm³/mol. The summed E-state index contributed by atoms with van der Waals surface area (Å²) in [5, 5.41) is 16.2. The van der Waals surface area contributed by atoms with Crippen LogP contribution < -0.4 is 5.32 Å². The van der Waals surface area contributed by atoms with Gasteiger partial charge in [-0.25, -0.2) is 13.4 Å². The molecule has 3 heterocycles. The molecule has 0 unspecified atom stereocenters. The number of anilines is 1. The lowest BCUT2D eigenvalue weighted by atomic mass is 10.2. The third kappa shape index (κ3) is 2.60. The van der Waals surface area contributed by atoms with E-state index >= 15 is 0 Å². The molecule has 0 radical (unpaired) electrons. The average molecular weight is 439 g/mol. The highest BCUT2D eigenvalue weighted by Crippen LogP contribution is 2.41. The van der Waals surface area contributed by atoms with Gasteiger partial charge in [-0.05, 0) is 25.1 Å². The lowest BCUT2D eigenvalue weighted by Gasteiger charge is -2.27. The van der Waals surface area contributed by atoms with E-state index in [0.29, 0.717) is 21.1 Å². The molecule has 0 saturated heterocycles. The largest absolute Gasteiger partial charge is 0.504 e. The van der Waals surface area contributed by atoms with Crippen molar-refractivity contribution in [3.05, 3.63) is 45.7 Å². The molecule has 1 aliphatic heterocycles. The van der Waals surface area contributed by atoms with Crippen molar-refractivity contribution in [2.45, 2.75) is 11.8 Å². The normalized spacial score (nSPS) is 15.8. The minimum Gasteiger partial charge on any atom is -0.504 e. The summed E-state index contributed by atoms with van der Waals surface area (Å²) in [7, 11) is -1.26. The number of amides is 1. The Balaban J connectivity index is 1.96. The maximum atomic E-state index is 13.2. The standard InChI is InChI=1S/C17H15ClN4O4S2/c1-8-7-27-17(19-8)20-16(24)13-14(23)12-15(28(25,26)22(13)3)10-6-9(18)4-5-11(10)21(12)2/h4-7,23H,1-3H3,(H,19,20,24). The summed E-state index contributed by atoms with van der Waals surface area (Å²) in [5.74, 6) is -1.21. The SMILES string of the molecule is Cc1csc(NC(=O)C2=C(O)c3c(c4cc(Cl)ccc4n3C)S(=O)(=O)N2C)n1. The summed E-state index contributed by atoms with van der Waals surface area (Å²) < 4.78 is 28.7. The van der Waals surface area contributed by atoms with Crippen molar-refractivity contribution in [3.8, 4) is 0 Å². The number of fused-ring (bicyclic) bond motifs is 3. The summed E-state index contributed by atoms with van der Waals surface area (Å²) >= 11 is 7.25. The maximum absolute atomic E-state index is 13.2. The van der Waals surface area contributed by atoms with Gasteiger partial charge in [0.05, 0.1) is 5.69 Å². The van der Waals surface area contributed by atoms with E-state index < -0.39 is 21.7 Å². The van der Waals surface area contributed by atoms with E-state index in [1.165, 1.54) is 29.0 Å². The van der Waals surface area contributed by atoms with Crippen LogP contribution in [-0.4, -0.2) is 40.3 Å². The number of hydrogen-bond donors (Lipinski definition) is 2. The molecule has 4 rings (SSSR count). The zero-order valence-electron chi connectivity index (χ0n) is 15.0. The molecule has 2 N–H and O–H groups in total. The summed E-state index contributed by atoms with van der Waals surface area (Å²) in [6, 6.07) is 4.82. The van der Waals surface area contributed by atoms with Gasteiger partial charge in [0.1, 0.15) is 10.6 Å². The van der Waals surface area contributed by atoms with Crippen molar-refractivity contribution in [2.75, 3.05) is 12.4 Å². The van der Waals surface area contributed by atoms with Crippen molar-refractivity contribution < 1.29 is 18.3 Å². The Morgan fingerprint density at radius 1 is 1.32 bits per heavy atom. The monoisotopic (exact) mass is 438 g/mol. The van der Waals surface area contributed by atoms with Gasteiger partial charge in [0, 0.05) is 35.4 Å². The number of rotatable bonds is 2. The Bertz CT molecular complexity index is 1290. The number of aromatic nitrogens is 2. The molecule has 1 aromatic carbocycles. The number of aliphatic hydroxyl groups is 1. The van der Waals surface area contributed by atoms with Crippen LogP contribution in [0.25, 0.3) is 16.7 Å². The van der Waals surface area contributed by atoms with Crippen LogP contribution in [0.2, 0.25) is 5.02 Å². The lowest BCUT2D eigenvalue weighted by Crippen LogP contribution is -2.37. The van der Waals surface area contributed by atoms with E-state index in [1.54, 1.807) is 31.5 Å². The Morgan fingerprint density at radius 3 is 2.68 bits per heavy atom. The minimum atomic E-state index is -4.10. The molecule has 11 heteroatoms. The third-order valence-electron chi connectivity index (χ3n) is 4.55. The second-order valence-electron chi connectivity index (χ2n) is 6.32. The number of halogens is 1. The number of sulfonamides is 1. The molecule has 8 nitrogen and oxygen atoms in total. The number of nitrogens with one attached hydrogen (secondary N) is 1. The number of aliphatic hydroxyl groups excluding tert-OH is 1. The molecule has 28 heavy (non-hydrogen) atoms. The van der Waals surface area contributed by atoms with Crippen molar-refractivity contribution in [2.24, 2.45) is 7.05 Å². The highest BCUT2D eigenvalue weighted by atomic mass is 35.5. The van der Waals surface area contributed by atoms with Crippen LogP contribution in [0.1, 0.15) is 11.4 Å². The zero-order chi connectivity index (χ0) is 20.4. The highest BCUT2D eigenvalue weighted by molar-refractivity contribution is 7.89. The molecule has 0 bridgehead atoms. The minimum absolute atomic E-state index is 0.0378. The molecule has 1 aliphatic rings. The fourth-order valence-corrected chi connectivity index (χ4v) is 5.71. The second-order valence-corrected chi connectivity index (χ2v) is 9.52. The Kier molecular flexibility index (Phi) is 4.18. The first-order valence-corrected chi connectivity index (χ1v) is 10.8. The van der Waals surface area contributed by atoms with E-state index in [4.69, 9.17) is 11.6 Å². The molecule has 0 atom stereocenters. The van der Waals surface area contributed by atoms with Crippen LogP contribution in [0.4, 0.5) is 5.13 Å². The van der Waals surface area contributed by atoms with Crippen molar-refractivity contribution in [1.29, 1.82) is 0 Å². The van der Waals surface area contributed by atoms with E-state index in [0.717, 1.165) is 10.00 Å². The van der Waals surface area contributed by atoms with Gasteiger partial charge in [0.2, 0.25) is 0 Å². The van der Waals surface area contributed by atoms with Crippen molar-refractivity contribution in [3.63, 3.8) is 0 Å². The molecule has 2 aromatic heterocycles. The first kappa shape index (κ1) is 18.8. The lowest BCUT2D eigenvalue weighted by molar-refractivity contribution is -0.113. The van der Waals surface area contributed by atoms with Gasteiger partial charge in [-0.1, -0.05) is 11.6 Å². The summed E-state index contributed by atoms with van der Waals surface area (Å²) in [5.41, 5.74) is 0.944. The molecule has 0 spiro atoms. The topological polar surface area (TPSA) is 105 Å². The number of carbonyl (C=O) groups excluding carboxylic acids is 1. The molecule has 3 aromatic rings. The van der Waals surface area contributed by atoms with Crippen LogP contribution in [0.15, 0.2) is 34.2 Å². The summed E-state index contributed by atoms with van der Waals surface area (Å²) in [4.78, 5) is 16.8. The average Bonchev–Trinajstić information content (AvgIpc) is 3.14. The van der Waals surface area contributed by atoms with Gasteiger partial charge in [-0.15, -0.1) is 11.3 Å². The van der Waals surface area contributed by atoms with Crippen molar-refractivity contribution in [1.82, 2.24) is 13.9 Å². The quantitative estimate of drug-likeness (QED) is 0.639. The van der Waals surface area contributed by atoms with Crippen molar-refractivity contribution >= 4 is 60.7 Å². The van der Waals surface area contributed by atoms with Gasteiger partial charge >= 0.3 is 0 Å². The Hall–Kier alpha value is -2.56. The fraction of sp³-hybridized carbons (Fsp3) is 0.176. The van der Waals surface area contributed by atoms with E-state index in [-0.39, 0.29) is 16.3 Å². The highest BCUT2D eigenvalue weighted by Gasteiger charge is 2.42. The molecule has 0 fully saturated rings. The summed E-state index contributed by atoms with van der Waals surface area (Å²) in [6.45, 7) is 1.77. The number of benzene rings is 1. The van der Waals surface area contributed by atoms with Gasteiger partial charge in [-0.3, -0.25) is 14.4 Å². The van der Waals surface area contributed by atoms with Crippen LogP contribution >= 0.6 is 22.9 Å². The van der Waals surface area contributed by atoms with E-state index in [9.17, 15) is 18.3 Å². The molecule has 0 saturated carbocycles. The molecule has 146 valence electrons. The smallest absolute Gasteiger partial charge is 0.278 e. The van der Waals surface area contributed by atoms with Gasteiger partial charge < -0.3 is 9.67 Å². The van der Waals surface area contributed by atoms with Crippen LogP contribution in [0.5, 0.6) is 0 Å². The van der Waals surface area contributed by atoms with E-state index in [2.05, 4.69) is 10.3 Å². The predicted octanol–water partition coefficient (Wildman–Crippen LogP) is 3.10. The third-order valence-corrected chi connectivity index (χ3v) is 7.50. The van der Waals surface area contributed by atoms with Crippen LogP contribution in [0, 0.1) is 6.92 Å². The van der Waals surface area contributed by atoms with Crippen LogP contribution in [0.3, 0.4) is 0 Å². The molecular weight excluding hydrogens is 424 g/mol. The first-order valence-electron chi connectivity index (χ1n) is 8.07.